The van der Waals surface area contributed by atoms with Gasteiger partial charge in [0.2, 0.25) is 5.91 Å². The first kappa shape index (κ1) is 22.3. The van der Waals surface area contributed by atoms with Crippen molar-refractivity contribution in [1.82, 2.24) is 5.32 Å². The van der Waals surface area contributed by atoms with Gasteiger partial charge in [-0.05, 0) is 57.2 Å². The zero-order chi connectivity index (χ0) is 21.3. The molecule has 1 aliphatic carbocycles. The molecule has 28 heavy (non-hydrogen) atoms. The highest BCUT2D eigenvalue weighted by Gasteiger charge is 2.42. The first-order chi connectivity index (χ1) is 12.7. The smallest absolute Gasteiger partial charge is 0.416 e. The molecule has 0 saturated heterocycles. The Kier molecular flexibility index (Phi) is 6.22. The Morgan fingerprint density at radius 2 is 1.93 bits per heavy atom. The van der Waals surface area contributed by atoms with E-state index >= 15 is 0 Å². The lowest BCUT2D eigenvalue weighted by atomic mass is 9.74. The van der Waals surface area contributed by atoms with E-state index in [1.807, 2.05) is 46.8 Å². The van der Waals surface area contributed by atoms with E-state index in [1.54, 1.807) is 0 Å². The molecule has 0 spiro atoms. The van der Waals surface area contributed by atoms with E-state index in [9.17, 15) is 18.0 Å². The Morgan fingerprint density at radius 3 is 2.39 bits per heavy atom. The predicted molar refractivity (Wildman–Crippen MR) is 104 cm³/mol. The van der Waals surface area contributed by atoms with Crippen LogP contribution < -0.4 is 10.1 Å². The molecule has 1 amide bonds. The molecule has 1 aromatic carbocycles. The summed E-state index contributed by atoms with van der Waals surface area (Å²) >= 11 is 0. The number of benzene rings is 1. The van der Waals surface area contributed by atoms with Gasteiger partial charge < -0.3 is 10.1 Å². The van der Waals surface area contributed by atoms with Crippen molar-refractivity contribution in [3.63, 3.8) is 0 Å². The van der Waals surface area contributed by atoms with Crippen LogP contribution in [0.2, 0.25) is 0 Å². The van der Waals surface area contributed by atoms with Crippen LogP contribution in [0.3, 0.4) is 0 Å². The molecule has 0 fully saturated rings. The summed E-state index contributed by atoms with van der Waals surface area (Å²) in [4.78, 5) is 13.0. The number of amides is 1. The Hall–Kier alpha value is -1.98. The van der Waals surface area contributed by atoms with Gasteiger partial charge in [-0.25, -0.2) is 0 Å². The van der Waals surface area contributed by atoms with Crippen molar-refractivity contribution in [1.29, 1.82) is 0 Å². The Bertz CT molecular complexity index is 747. The number of hydrogen-bond donors (Lipinski definition) is 1. The number of carbonyl (C=O) groups excluding carboxylic acids is 1. The van der Waals surface area contributed by atoms with Gasteiger partial charge in [0.1, 0.15) is 11.4 Å². The van der Waals surface area contributed by atoms with Gasteiger partial charge in [-0.3, -0.25) is 4.79 Å². The van der Waals surface area contributed by atoms with Gasteiger partial charge in [-0.1, -0.05) is 32.9 Å². The maximum atomic E-state index is 13.2. The number of alkyl halides is 3. The van der Waals surface area contributed by atoms with Gasteiger partial charge in [0.05, 0.1) is 11.0 Å². The molecule has 1 aromatic rings. The zero-order valence-corrected chi connectivity index (χ0v) is 17.4. The molecule has 0 aliphatic heterocycles. The van der Waals surface area contributed by atoms with E-state index in [4.69, 9.17) is 4.74 Å². The molecule has 6 heteroatoms. The van der Waals surface area contributed by atoms with Crippen LogP contribution in [0.4, 0.5) is 13.2 Å². The SMILES string of the molecule is CC1C=C[C@@](C(=O)NCc2cc(C(F)(F)F)ccc2OC(C)(C)C)(C(C)C)C1. The van der Waals surface area contributed by atoms with E-state index in [2.05, 4.69) is 12.2 Å². The van der Waals surface area contributed by atoms with E-state index in [0.29, 0.717) is 23.7 Å². The summed E-state index contributed by atoms with van der Waals surface area (Å²) in [6.45, 7) is 11.5. The largest absolute Gasteiger partial charge is 0.488 e. The lowest BCUT2D eigenvalue weighted by Crippen LogP contribution is -2.42. The molecule has 1 aliphatic rings. The average molecular weight is 397 g/mol. The summed E-state index contributed by atoms with van der Waals surface area (Å²) in [5, 5.41) is 2.85. The molecule has 3 nitrogen and oxygen atoms in total. The van der Waals surface area contributed by atoms with Crippen molar-refractivity contribution in [3.05, 3.63) is 41.5 Å². The minimum absolute atomic E-state index is 0.0230. The van der Waals surface area contributed by atoms with Crippen molar-refractivity contribution >= 4 is 5.91 Å². The maximum Gasteiger partial charge on any atom is 0.416 e. The number of carbonyl (C=O) groups is 1. The standard InChI is InChI=1S/C22H30F3NO2/c1-14(2)21(10-9-15(3)12-21)19(27)26-13-16-11-17(22(23,24)25)7-8-18(16)28-20(4,5)6/h7-11,14-15H,12-13H2,1-6H3,(H,26,27)/t15?,21-/m0/s1. The predicted octanol–water partition coefficient (Wildman–Crippen LogP) is 5.74. The highest BCUT2D eigenvalue weighted by molar-refractivity contribution is 5.85. The third kappa shape index (κ3) is 5.09. The summed E-state index contributed by atoms with van der Waals surface area (Å²) in [7, 11) is 0. The van der Waals surface area contributed by atoms with Crippen LogP contribution in [0.1, 0.15) is 59.1 Å². The van der Waals surface area contributed by atoms with Gasteiger partial charge >= 0.3 is 6.18 Å². The topological polar surface area (TPSA) is 38.3 Å². The fourth-order valence-electron chi connectivity index (χ4n) is 3.53. The summed E-state index contributed by atoms with van der Waals surface area (Å²) < 4.78 is 45.3. The van der Waals surface area contributed by atoms with Gasteiger partial charge in [0.15, 0.2) is 0 Å². The molecule has 156 valence electrons. The van der Waals surface area contributed by atoms with Gasteiger partial charge in [-0.15, -0.1) is 0 Å². The lowest BCUT2D eigenvalue weighted by molar-refractivity contribution is -0.137. The first-order valence-electron chi connectivity index (χ1n) is 9.61. The minimum Gasteiger partial charge on any atom is -0.488 e. The Balaban J connectivity index is 2.28. The number of nitrogens with one attached hydrogen (secondary N) is 1. The summed E-state index contributed by atoms with van der Waals surface area (Å²) in [5.74, 6) is 0.555. The van der Waals surface area contributed by atoms with Crippen LogP contribution in [0.25, 0.3) is 0 Å². The molecule has 1 unspecified atom stereocenters. The molecule has 0 bridgehead atoms. The fraction of sp³-hybridized carbons (Fsp3) is 0.591. The second-order valence-electron chi connectivity index (χ2n) is 8.95. The van der Waals surface area contributed by atoms with Crippen molar-refractivity contribution in [3.8, 4) is 5.75 Å². The van der Waals surface area contributed by atoms with Crippen LogP contribution in [0, 0.1) is 17.3 Å². The van der Waals surface area contributed by atoms with E-state index < -0.39 is 22.8 Å². The van der Waals surface area contributed by atoms with Crippen LogP contribution in [-0.2, 0) is 17.5 Å². The van der Waals surface area contributed by atoms with Gasteiger partial charge in [0.25, 0.3) is 0 Å². The third-order valence-corrected chi connectivity index (χ3v) is 5.08. The number of rotatable bonds is 5. The summed E-state index contributed by atoms with van der Waals surface area (Å²) in [6.07, 6.45) is 0.209. The molecular weight excluding hydrogens is 367 g/mol. The molecule has 0 heterocycles. The second-order valence-corrected chi connectivity index (χ2v) is 8.95. The second kappa shape index (κ2) is 7.80. The minimum atomic E-state index is -4.46. The summed E-state index contributed by atoms with van der Waals surface area (Å²) in [5.41, 5.74) is -1.65. The Morgan fingerprint density at radius 1 is 1.29 bits per heavy atom. The molecule has 2 rings (SSSR count). The quantitative estimate of drug-likeness (QED) is 0.644. The molecule has 0 saturated carbocycles. The van der Waals surface area contributed by atoms with E-state index in [-0.39, 0.29) is 18.4 Å². The van der Waals surface area contributed by atoms with Crippen LogP contribution >= 0.6 is 0 Å². The van der Waals surface area contributed by atoms with Gasteiger partial charge in [-0.2, -0.15) is 13.2 Å². The maximum absolute atomic E-state index is 13.2. The molecule has 2 atom stereocenters. The van der Waals surface area contributed by atoms with Crippen molar-refractivity contribution in [2.24, 2.45) is 17.3 Å². The lowest BCUT2D eigenvalue weighted by Gasteiger charge is -2.31. The van der Waals surface area contributed by atoms with Crippen LogP contribution in [0.15, 0.2) is 30.4 Å². The van der Waals surface area contributed by atoms with Crippen LogP contribution in [0.5, 0.6) is 5.75 Å². The van der Waals surface area contributed by atoms with E-state index in [0.717, 1.165) is 12.1 Å². The highest BCUT2D eigenvalue weighted by atomic mass is 19.4. The number of allylic oxidation sites excluding steroid dienone is 1. The highest BCUT2D eigenvalue weighted by Crippen LogP contribution is 2.42. The first-order valence-corrected chi connectivity index (χ1v) is 9.61. The molecule has 0 radical (unpaired) electrons. The average Bonchev–Trinajstić information content (AvgIpc) is 2.94. The van der Waals surface area contributed by atoms with E-state index in [1.165, 1.54) is 6.07 Å². The van der Waals surface area contributed by atoms with Crippen molar-refractivity contribution in [2.75, 3.05) is 0 Å². The van der Waals surface area contributed by atoms with Gasteiger partial charge in [0, 0.05) is 12.1 Å². The van der Waals surface area contributed by atoms with Crippen molar-refractivity contribution < 1.29 is 22.7 Å². The number of hydrogen-bond acceptors (Lipinski definition) is 2. The molecule has 0 aromatic heterocycles. The molecular formula is C22H30F3NO2. The van der Waals surface area contributed by atoms with Crippen molar-refractivity contribution in [2.45, 2.75) is 66.3 Å². The number of halogens is 3. The number of ether oxygens (including phenoxy) is 1. The molecule has 1 N–H and O–H groups in total. The third-order valence-electron chi connectivity index (χ3n) is 5.08. The normalized spacial score (nSPS) is 22.6. The summed E-state index contributed by atoms with van der Waals surface area (Å²) in [6, 6.07) is 3.38. The van der Waals surface area contributed by atoms with Crippen LogP contribution in [-0.4, -0.2) is 11.5 Å². The fourth-order valence-corrected chi connectivity index (χ4v) is 3.53. The Labute approximate surface area is 165 Å². The zero-order valence-electron chi connectivity index (χ0n) is 17.4. The monoisotopic (exact) mass is 397 g/mol.